The molecule has 0 amide bonds. The number of rotatable bonds is 3. The molecule has 0 aliphatic carbocycles. The van der Waals surface area contributed by atoms with Gasteiger partial charge in [0.2, 0.25) is 5.69 Å². The number of furan rings is 1. The Morgan fingerprint density at radius 1 is 0.684 bits per heavy atom. The summed E-state index contributed by atoms with van der Waals surface area (Å²) in [6.45, 7) is 19.0. The Balaban J connectivity index is 1.42. The van der Waals surface area contributed by atoms with E-state index in [1.54, 1.807) is 0 Å². The molecule has 57 heavy (non-hydrogen) atoms. The second kappa shape index (κ2) is 11.5. The monoisotopic (exact) mass is 757 g/mol. The average molecular weight is 758 g/mol. The highest BCUT2D eigenvalue weighted by atomic mass is 28.3. The molecule has 2 aliphatic rings. The molecule has 0 N–H and O–H groups in total. The van der Waals surface area contributed by atoms with Crippen molar-refractivity contribution in [3.05, 3.63) is 167 Å². The van der Waals surface area contributed by atoms with Gasteiger partial charge in [-0.15, -0.1) is 9.13 Å². The Kier molecular flexibility index (Phi) is 6.92. The molecule has 1 unspecified atom stereocenters. The minimum atomic E-state index is -1.78. The van der Waals surface area contributed by atoms with Gasteiger partial charge in [-0.25, -0.2) is 0 Å². The minimum Gasteiger partial charge on any atom is -0.455 e. The Labute approximate surface area is 335 Å². The Hall–Kier alpha value is -6.04. The van der Waals surface area contributed by atoms with Crippen LogP contribution in [0.25, 0.3) is 72.4 Å². The van der Waals surface area contributed by atoms with Crippen molar-refractivity contribution < 1.29 is 13.6 Å². The Morgan fingerprint density at radius 2 is 1.44 bits per heavy atom. The first kappa shape index (κ1) is 34.2. The quantitative estimate of drug-likeness (QED) is 0.130. The number of benzene rings is 6. The second-order valence-corrected chi connectivity index (χ2v) is 23.4. The fourth-order valence-electron chi connectivity index (χ4n) is 10.3. The number of imidazole rings is 1. The zero-order valence-electron chi connectivity index (χ0n) is 34.0. The number of aromatic nitrogens is 3. The van der Waals surface area contributed by atoms with E-state index in [1.165, 1.54) is 72.1 Å². The number of aryl methyl sites for hydroxylation is 2. The van der Waals surface area contributed by atoms with E-state index in [2.05, 4.69) is 208 Å². The molecule has 9 aromatic rings. The summed E-state index contributed by atoms with van der Waals surface area (Å²) >= 11 is 0. The average Bonchev–Trinajstić information content (AvgIpc) is 3.90. The third kappa shape index (κ3) is 4.49. The number of hydrogen-bond donors (Lipinski definition) is 0. The molecule has 3 aromatic heterocycles. The van der Waals surface area contributed by atoms with Crippen molar-refractivity contribution in [2.45, 2.75) is 65.3 Å². The molecule has 11 rings (SSSR count). The molecule has 2 aliphatic heterocycles. The lowest BCUT2D eigenvalue weighted by molar-refractivity contribution is -0.944. The van der Waals surface area contributed by atoms with Crippen LogP contribution < -0.4 is 14.3 Å². The molecule has 6 aromatic carbocycles. The van der Waals surface area contributed by atoms with Crippen LogP contribution in [0, 0.1) is 13.8 Å². The summed E-state index contributed by atoms with van der Waals surface area (Å²) in [7, 11) is -1.78. The maximum atomic E-state index is 7.12. The summed E-state index contributed by atoms with van der Waals surface area (Å²) < 4.78 is 15.1. The molecular formula is C52H47N3OSi+2. The highest BCUT2D eigenvalue weighted by Gasteiger charge is 2.67. The first-order valence-corrected chi connectivity index (χ1v) is 23.8. The molecule has 278 valence electrons. The largest absolute Gasteiger partial charge is 0.455 e. The molecule has 0 saturated heterocycles. The molecule has 0 bridgehead atoms. The predicted octanol–water partition coefficient (Wildman–Crippen LogP) is 11.5. The van der Waals surface area contributed by atoms with Crippen LogP contribution in [0.15, 0.2) is 144 Å². The van der Waals surface area contributed by atoms with Gasteiger partial charge >= 0.3 is 11.5 Å². The first-order valence-electron chi connectivity index (χ1n) is 20.3. The summed E-state index contributed by atoms with van der Waals surface area (Å²) in [5.74, 6) is 1.13. The maximum absolute atomic E-state index is 7.12. The highest BCUT2D eigenvalue weighted by Crippen LogP contribution is 2.53. The van der Waals surface area contributed by atoms with Crippen LogP contribution in [0.4, 0.5) is 0 Å². The lowest BCUT2D eigenvalue weighted by atomic mass is 9.83. The van der Waals surface area contributed by atoms with Gasteiger partial charge in [0.05, 0.1) is 24.8 Å². The van der Waals surface area contributed by atoms with Crippen LogP contribution in [0.1, 0.15) is 48.6 Å². The van der Waals surface area contributed by atoms with Gasteiger partial charge in [-0.05, 0) is 72.9 Å². The molecule has 0 radical (unpaired) electrons. The van der Waals surface area contributed by atoms with Gasteiger partial charge in [-0.1, -0.05) is 131 Å². The molecule has 0 fully saturated rings. The Morgan fingerprint density at radius 3 is 2.23 bits per heavy atom. The van der Waals surface area contributed by atoms with Gasteiger partial charge < -0.3 is 4.42 Å². The van der Waals surface area contributed by atoms with Crippen LogP contribution >= 0.6 is 0 Å². The van der Waals surface area contributed by atoms with E-state index in [1.807, 2.05) is 0 Å². The number of fused-ring (bicyclic) bond motifs is 16. The van der Waals surface area contributed by atoms with Crippen molar-refractivity contribution in [3.63, 3.8) is 0 Å². The van der Waals surface area contributed by atoms with Gasteiger partial charge in [0.1, 0.15) is 16.8 Å². The van der Waals surface area contributed by atoms with E-state index >= 15 is 0 Å². The number of hydrogen-bond acceptors (Lipinski definition) is 1. The molecule has 1 atom stereocenters. The summed E-state index contributed by atoms with van der Waals surface area (Å²) in [5.41, 5.74) is 17.0. The Bertz CT molecular complexity index is 3170. The van der Waals surface area contributed by atoms with Crippen molar-refractivity contribution in [2.75, 3.05) is 0 Å². The summed E-state index contributed by atoms with van der Waals surface area (Å²) in [6.07, 6.45) is 2.53. The number of para-hydroxylation sites is 4. The second-order valence-electron chi connectivity index (χ2n) is 18.4. The third-order valence-electron chi connectivity index (χ3n) is 12.7. The van der Waals surface area contributed by atoms with Crippen LogP contribution in [0.3, 0.4) is 0 Å². The summed E-state index contributed by atoms with van der Waals surface area (Å²) in [6, 6.07) is 49.7. The minimum absolute atomic E-state index is 0.157. The zero-order valence-corrected chi connectivity index (χ0v) is 35.0. The van der Waals surface area contributed by atoms with E-state index in [-0.39, 0.29) is 5.41 Å². The van der Waals surface area contributed by atoms with E-state index in [9.17, 15) is 0 Å². The molecule has 1 spiro atoms. The lowest BCUT2D eigenvalue weighted by Crippen LogP contribution is -2.72. The van der Waals surface area contributed by atoms with Gasteiger partial charge in [0.15, 0.2) is 22.8 Å². The van der Waals surface area contributed by atoms with Gasteiger partial charge in [0.25, 0.3) is 0 Å². The zero-order chi connectivity index (χ0) is 39.2. The van der Waals surface area contributed by atoms with E-state index in [0.29, 0.717) is 0 Å². The van der Waals surface area contributed by atoms with Crippen molar-refractivity contribution in [3.8, 4) is 39.5 Å². The van der Waals surface area contributed by atoms with E-state index < -0.39 is 13.7 Å². The molecular weight excluding hydrogens is 711 g/mol. The smallest absolute Gasteiger partial charge is 0.364 e. The van der Waals surface area contributed by atoms with Crippen molar-refractivity contribution in [1.29, 1.82) is 0 Å². The molecule has 5 heterocycles. The standard InChI is InChI=1S/C52H47N3OSi/c1-32-25-26-38-41(29-32)52(53-31-46(57(6,7)8)33(2)30-44(38)53)39-28-27-37-36-19-12-15-24-45(36)56-49(37)47(39)50-54(42-22-13-14-23-43(42)55(50)52)48-35(34-17-10-9-11-18-34)20-16-21-40(48)51(3,4)5/h9-31H,1-8H3/q+2. The van der Waals surface area contributed by atoms with Crippen molar-refractivity contribution in [1.82, 2.24) is 4.57 Å². The summed E-state index contributed by atoms with van der Waals surface area (Å²) in [4.78, 5) is 0. The third-order valence-corrected chi connectivity index (χ3v) is 14.8. The van der Waals surface area contributed by atoms with Gasteiger partial charge in [0, 0.05) is 33.2 Å². The van der Waals surface area contributed by atoms with E-state index in [0.717, 1.165) is 33.3 Å². The van der Waals surface area contributed by atoms with Crippen LogP contribution in [0.5, 0.6) is 0 Å². The molecule has 4 nitrogen and oxygen atoms in total. The topological polar surface area (TPSA) is 25.8 Å². The van der Waals surface area contributed by atoms with Crippen LogP contribution in [-0.4, -0.2) is 12.6 Å². The fraction of sp³-hybridized carbons (Fsp3) is 0.192. The lowest BCUT2D eigenvalue weighted by Gasteiger charge is -2.23. The van der Waals surface area contributed by atoms with Crippen LogP contribution in [0.2, 0.25) is 19.6 Å². The molecule has 5 heteroatoms. The van der Waals surface area contributed by atoms with E-state index in [4.69, 9.17) is 4.42 Å². The SMILES string of the molecule is Cc1ccc2c(c1)C1(c3ccc4c(oc5ccccc54)c3-c3n(-c4c(-c5ccccc5)cccc4C(C)(C)C)c4ccccc4[n+]31)[n+]1cc([Si](C)(C)C)c(C)cc1-2. The van der Waals surface area contributed by atoms with Gasteiger partial charge in [-0.3, -0.25) is 0 Å². The first-order chi connectivity index (χ1) is 27.4. The molecule has 0 saturated carbocycles. The normalized spacial score (nSPS) is 15.8. The van der Waals surface area contributed by atoms with Gasteiger partial charge in [-0.2, -0.15) is 4.57 Å². The number of nitrogens with zero attached hydrogens (tertiary/aromatic N) is 3. The fourth-order valence-corrected chi connectivity index (χ4v) is 12.1. The van der Waals surface area contributed by atoms with Crippen LogP contribution in [-0.2, 0) is 11.1 Å². The number of pyridine rings is 1. The maximum Gasteiger partial charge on any atom is 0.364 e. The van der Waals surface area contributed by atoms with Crippen molar-refractivity contribution >= 4 is 46.2 Å². The predicted molar refractivity (Wildman–Crippen MR) is 236 cm³/mol. The highest BCUT2D eigenvalue weighted by molar-refractivity contribution is 6.88. The summed E-state index contributed by atoms with van der Waals surface area (Å²) in [5, 5.41) is 3.75. The van der Waals surface area contributed by atoms with Crippen molar-refractivity contribution in [2.24, 2.45) is 0 Å².